The smallest absolute Gasteiger partial charge is 0.127 e. The van der Waals surface area contributed by atoms with Crippen LogP contribution < -0.4 is 0 Å². The van der Waals surface area contributed by atoms with E-state index < -0.39 is 0 Å². The molecule has 0 spiro atoms. The second-order valence-electron chi connectivity index (χ2n) is 10.6. The number of carbonyl (C=O) groups excluding carboxylic acids is 1. The topological polar surface area (TPSA) is 37.3 Å². The SMILES string of the molecule is C=C1CC[C@H](O)C/C1=C/C=C1CCC[C@@]2(C=O)C1CC[C@@H]2[C@H](C)CCCC(C)C. The Balaban J connectivity index is 1.75. The first kappa shape index (κ1) is 22.5. The van der Waals surface area contributed by atoms with Crippen LogP contribution in [0.1, 0.15) is 91.4 Å². The van der Waals surface area contributed by atoms with E-state index in [9.17, 15) is 9.90 Å². The number of aldehydes is 1. The van der Waals surface area contributed by atoms with Crippen molar-refractivity contribution in [1.29, 1.82) is 0 Å². The van der Waals surface area contributed by atoms with Gasteiger partial charge in [0, 0.05) is 5.41 Å². The van der Waals surface area contributed by atoms with E-state index >= 15 is 0 Å². The van der Waals surface area contributed by atoms with Crippen molar-refractivity contribution in [2.24, 2.45) is 29.1 Å². The summed E-state index contributed by atoms with van der Waals surface area (Å²) in [7, 11) is 0. The molecule has 3 rings (SSSR count). The first-order valence-electron chi connectivity index (χ1n) is 12.1. The summed E-state index contributed by atoms with van der Waals surface area (Å²) in [5.74, 6) is 2.36. The second kappa shape index (κ2) is 9.77. The van der Waals surface area contributed by atoms with Gasteiger partial charge >= 0.3 is 0 Å². The highest BCUT2D eigenvalue weighted by molar-refractivity contribution is 5.63. The van der Waals surface area contributed by atoms with Crippen LogP contribution >= 0.6 is 0 Å². The molecular formula is C27H42O2. The lowest BCUT2D eigenvalue weighted by atomic mass is 9.60. The largest absolute Gasteiger partial charge is 0.393 e. The summed E-state index contributed by atoms with van der Waals surface area (Å²) >= 11 is 0. The minimum atomic E-state index is -0.229. The molecule has 1 N–H and O–H groups in total. The fraction of sp³-hybridized carbons (Fsp3) is 0.741. The lowest BCUT2D eigenvalue weighted by Gasteiger charge is -2.43. The molecule has 2 heteroatoms. The zero-order valence-corrected chi connectivity index (χ0v) is 19.0. The highest BCUT2D eigenvalue weighted by Crippen LogP contribution is 2.59. The second-order valence-corrected chi connectivity index (χ2v) is 10.6. The first-order valence-corrected chi connectivity index (χ1v) is 12.1. The number of rotatable bonds is 7. The normalized spacial score (nSPS) is 36.6. The monoisotopic (exact) mass is 398 g/mol. The maximum atomic E-state index is 12.5. The Morgan fingerprint density at radius 1 is 1.14 bits per heavy atom. The van der Waals surface area contributed by atoms with Crippen molar-refractivity contribution >= 4 is 6.29 Å². The summed E-state index contributed by atoms with van der Waals surface area (Å²) in [5, 5.41) is 10.0. The zero-order valence-electron chi connectivity index (χ0n) is 19.0. The van der Waals surface area contributed by atoms with E-state index in [2.05, 4.69) is 39.5 Å². The van der Waals surface area contributed by atoms with Crippen molar-refractivity contribution in [2.45, 2.75) is 97.5 Å². The standard InChI is InChI=1S/C27H42O2/c1-19(2)7-5-8-21(4)25-14-15-26-22(9-6-16-27(25,26)18-28)11-12-23-17-24(29)13-10-20(23)3/h11-12,18-19,21,24-26,29H,3,5-10,13-17H2,1-2,4H3/b22-11?,23-12-/t21-,24+,25-,26?,27+/m1/s1. The molecule has 0 aromatic rings. The van der Waals surface area contributed by atoms with Gasteiger partial charge in [-0.25, -0.2) is 0 Å². The molecule has 5 atom stereocenters. The summed E-state index contributed by atoms with van der Waals surface area (Å²) < 4.78 is 0. The summed E-state index contributed by atoms with van der Waals surface area (Å²) in [6.07, 6.45) is 17.6. The summed E-state index contributed by atoms with van der Waals surface area (Å²) in [5.41, 5.74) is 3.71. The van der Waals surface area contributed by atoms with Gasteiger partial charge in [-0.3, -0.25) is 0 Å². The molecule has 3 aliphatic rings. The highest BCUT2D eigenvalue weighted by Gasteiger charge is 2.53. The molecule has 0 amide bonds. The third-order valence-corrected chi connectivity index (χ3v) is 8.16. The van der Waals surface area contributed by atoms with E-state index in [4.69, 9.17) is 0 Å². The van der Waals surface area contributed by atoms with Crippen molar-refractivity contribution < 1.29 is 9.90 Å². The summed E-state index contributed by atoms with van der Waals surface area (Å²) in [4.78, 5) is 12.5. The van der Waals surface area contributed by atoms with Crippen molar-refractivity contribution in [2.75, 3.05) is 0 Å². The quantitative estimate of drug-likeness (QED) is 0.479. The minimum Gasteiger partial charge on any atom is -0.393 e. The number of carbonyl (C=O) groups is 1. The van der Waals surface area contributed by atoms with Gasteiger partial charge in [0.1, 0.15) is 6.29 Å². The molecule has 2 nitrogen and oxygen atoms in total. The van der Waals surface area contributed by atoms with Gasteiger partial charge in [-0.05, 0) is 80.6 Å². The predicted molar refractivity (Wildman–Crippen MR) is 122 cm³/mol. The van der Waals surface area contributed by atoms with Crippen LogP contribution in [0.25, 0.3) is 0 Å². The number of hydrogen-bond acceptors (Lipinski definition) is 2. The van der Waals surface area contributed by atoms with E-state index in [1.807, 2.05) is 0 Å². The molecule has 1 unspecified atom stereocenters. The molecular weight excluding hydrogens is 356 g/mol. The average Bonchev–Trinajstić information content (AvgIpc) is 3.09. The Hall–Kier alpha value is -1.15. The van der Waals surface area contributed by atoms with Gasteiger partial charge < -0.3 is 9.90 Å². The van der Waals surface area contributed by atoms with Gasteiger partial charge in [0.15, 0.2) is 0 Å². The maximum absolute atomic E-state index is 12.5. The van der Waals surface area contributed by atoms with Crippen LogP contribution in [0.4, 0.5) is 0 Å². The molecule has 3 fully saturated rings. The molecule has 162 valence electrons. The highest BCUT2D eigenvalue weighted by atomic mass is 16.3. The van der Waals surface area contributed by atoms with Crippen molar-refractivity contribution in [1.82, 2.24) is 0 Å². The number of aliphatic hydroxyl groups is 1. The summed E-state index contributed by atoms with van der Waals surface area (Å²) in [6, 6.07) is 0. The van der Waals surface area contributed by atoms with E-state index in [0.29, 0.717) is 17.8 Å². The molecule has 0 aromatic carbocycles. The molecule has 3 aliphatic carbocycles. The Morgan fingerprint density at radius 3 is 2.66 bits per heavy atom. The third kappa shape index (κ3) is 4.95. The average molecular weight is 399 g/mol. The molecule has 0 saturated heterocycles. The molecule has 0 heterocycles. The Kier molecular flexibility index (Phi) is 7.59. The predicted octanol–water partition coefficient (Wildman–Crippen LogP) is 6.80. The van der Waals surface area contributed by atoms with Crippen LogP contribution in [-0.4, -0.2) is 17.5 Å². The number of hydrogen-bond donors (Lipinski definition) is 1. The van der Waals surface area contributed by atoms with Crippen molar-refractivity contribution in [3.05, 3.63) is 35.5 Å². The van der Waals surface area contributed by atoms with Crippen molar-refractivity contribution in [3.8, 4) is 0 Å². The fourth-order valence-electron chi connectivity index (χ4n) is 6.49. The van der Waals surface area contributed by atoms with Crippen LogP contribution in [-0.2, 0) is 4.79 Å². The number of allylic oxidation sites excluding steroid dienone is 4. The molecule has 0 bridgehead atoms. The van der Waals surface area contributed by atoms with Crippen LogP contribution in [0, 0.1) is 29.1 Å². The van der Waals surface area contributed by atoms with Crippen LogP contribution in [0.15, 0.2) is 35.5 Å². The summed E-state index contributed by atoms with van der Waals surface area (Å²) in [6.45, 7) is 11.2. The Bertz CT molecular complexity index is 655. The number of aliphatic hydroxyl groups excluding tert-OH is 1. The fourth-order valence-corrected chi connectivity index (χ4v) is 6.49. The molecule has 3 saturated carbocycles. The molecule has 0 radical (unpaired) electrons. The number of fused-ring (bicyclic) bond motifs is 1. The van der Waals surface area contributed by atoms with Crippen molar-refractivity contribution in [3.63, 3.8) is 0 Å². The van der Waals surface area contributed by atoms with Gasteiger partial charge in [0.05, 0.1) is 6.10 Å². The Labute approximate surface area is 178 Å². The van der Waals surface area contributed by atoms with Gasteiger partial charge in [0.2, 0.25) is 0 Å². The van der Waals surface area contributed by atoms with Gasteiger partial charge in [-0.1, -0.05) is 69.9 Å². The van der Waals surface area contributed by atoms with Crippen LogP contribution in [0.5, 0.6) is 0 Å². The van der Waals surface area contributed by atoms with E-state index in [1.54, 1.807) is 0 Å². The van der Waals surface area contributed by atoms with E-state index in [1.165, 1.54) is 48.7 Å². The lowest BCUT2D eigenvalue weighted by molar-refractivity contribution is -0.122. The minimum absolute atomic E-state index is 0.136. The first-order chi connectivity index (χ1) is 13.9. The molecule has 0 aliphatic heterocycles. The third-order valence-electron chi connectivity index (χ3n) is 8.16. The van der Waals surface area contributed by atoms with Gasteiger partial charge in [-0.15, -0.1) is 0 Å². The Morgan fingerprint density at radius 2 is 1.93 bits per heavy atom. The maximum Gasteiger partial charge on any atom is 0.127 e. The van der Waals surface area contributed by atoms with E-state index in [0.717, 1.165) is 50.9 Å². The van der Waals surface area contributed by atoms with Gasteiger partial charge in [0.25, 0.3) is 0 Å². The lowest BCUT2D eigenvalue weighted by Crippen LogP contribution is -2.40. The van der Waals surface area contributed by atoms with Crippen LogP contribution in [0.3, 0.4) is 0 Å². The molecule has 29 heavy (non-hydrogen) atoms. The van der Waals surface area contributed by atoms with Crippen LogP contribution in [0.2, 0.25) is 0 Å². The van der Waals surface area contributed by atoms with E-state index in [-0.39, 0.29) is 11.5 Å². The molecule has 0 aromatic heterocycles. The van der Waals surface area contributed by atoms with Gasteiger partial charge in [-0.2, -0.15) is 0 Å². The zero-order chi connectivity index (χ0) is 21.0.